The van der Waals surface area contributed by atoms with E-state index in [2.05, 4.69) is 17.2 Å². The highest BCUT2D eigenvalue weighted by Gasteiger charge is 2.22. The van der Waals surface area contributed by atoms with Crippen LogP contribution in [0.25, 0.3) is 15.9 Å². The highest BCUT2D eigenvalue weighted by atomic mass is 32.1. The molecule has 0 atom stereocenters. The van der Waals surface area contributed by atoms with Crippen LogP contribution in [0.2, 0.25) is 0 Å². The van der Waals surface area contributed by atoms with Gasteiger partial charge in [0.15, 0.2) is 0 Å². The molecule has 0 saturated heterocycles. The van der Waals surface area contributed by atoms with Crippen molar-refractivity contribution < 1.29 is 9.21 Å². The van der Waals surface area contributed by atoms with Crippen LogP contribution in [0.3, 0.4) is 0 Å². The predicted molar refractivity (Wildman–Crippen MR) is 98.3 cm³/mol. The van der Waals surface area contributed by atoms with Crippen LogP contribution in [0, 0.1) is 13.8 Å². The summed E-state index contributed by atoms with van der Waals surface area (Å²) in [6, 6.07) is 9.60. The van der Waals surface area contributed by atoms with Gasteiger partial charge in [-0.05, 0) is 49.7 Å². The van der Waals surface area contributed by atoms with Gasteiger partial charge in [-0.25, -0.2) is 4.98 Å². The minimum atomic E-state index is -0.125. The van der Waals surface area contributed by atoms with Gasteiger partial charge in [0.2, 0.25) is 0 Å². The van der Waals surface area contributed by atoms with Crippen molar-refractivity contribution >= 4 is 27.5 Å². The van der Waals surface area contributed by atoms with Crippen LogP contribution >= 0.6 is 11.3 Å². The molecule has 0 aliphatic heterocycles. The Morgan fingerprint density at radius 3 is 2.80 bits per heavy atom. The second kappa shape index (κ2) is 6.22. The number of carbonyl (C=O) groups excluding carboxylic acids is 1. The lowest BCUT2D eigenvalue weighted by Gasteiger charge is -2.08. The van der Waals surface area contributed by atoms with Gasteiger partial charge in [-0.2, -0.15) is 0 Å². The van der Waals surface area contributed by atoms with Gasteiger partial charge in [0.05, 0.1) is 18.5 Å². The number of thiophene rings is 1. The largest absolute Gasteiger partial charge is 0.467 e. The van der Waals surface area contributed by atoms with Crippen molar-refractivity contribution in [1.82, 2.24) is 14.9 Å². The molecule has 0 aliphatic rings. The van der Waals surface area contributed by atoms with Gasteiger partial charge in [-0.15, -0.1) is 11.3 Å². The Morgan fingerprint density at radius 1 is 1.28 bits per heavy atom. The molecule has 0 aliphatic carbocycles. The molecular weight excluding hydrogens is 334 g/mol. The van der Waals surface area contributed by atoms with E-state index in [4.69, 9.17) is 4.42 Å². The number of carbonyl (C=O) groups is 1. The van der Waals surface area contributed by atoms with Gasteiger partial charge >= 0.3 is 0 Å². The molecule has 0 radical (unpaired) electrons. The third-order valence-electron chi connectivity index (χ3n) is 4.03. The normalized spacial score (nSPS) is 11.1. The van der Waals surface area contributed by atoms with Gasteiger partial charge < -0.3 is 14.3 Å². The Kier molecular flexibility index (Phi) is 3.89. The lowest BCUT2D eigenvalue weighted by molar-refractivity contribution is 0.0952. The smallest absolute Gasteiger partial charge is 0.263 e. The van der Waals surface area contributed by atoms with E-state index in [1.165, 1.54) is 11.3 Å². The van der Waals surface area contributed by atoms with Crippen LogP contribution in [0.5, 0.6) is 0 Å². The zero-order valence-corrected chi connectivity index (χ0v) is 14.8. The number of hydrogen-bond donors (Lipinski definition) is 1. The lowest BCUT2D eigenvalue weighted by atomic mass is 10.1. The molecule has 6 heteroatoms. The van der Waals surface area contributed by atoms with Crippen LogP contribution in [-0.2, 0) is 6.54 Å². The van der Waals surface area contributed by atoms with E-state index >= 15 is 0 Å². The van der Waals surface area contributed by atoms with Crippen molar-refractivity contribution in [3.8, 4) is 5.69 Å². The molecule has 1 amide bonds. The number of hydrogen-bond acceptors (Lipinski definition) is 4. The average molecular weight is 351 g/mol. The third kappa shape index (κ3) is 2.85. The molecule has 4 aromatic rings. The van der Waals surface area contributed by atoms with E-state index < -0.39 is 0 Å². The first-order valence-electron chi connectivity index (χ1n) is 7.98. The summed E-state index contributed by atoms with van der Waals surface area (Å²) in [5, 5.41) is 3.96. The number of nitrogens with one attached hydrogen (secondary N) is 1. The fraction of sp³-hybridized carbons (Fsp3) is 0.158. The molecule has 0 unspecified atom stereocenters. The molecule has 0 fully saturated rings. The third-order valence-corrected chi connectivity index (χ3v) is 5.11. The fourth-order valence-electron chi connectivity index (χ4n) is 2.97. The number of nitrogens with zero attached hydrogens (tertiary/aromatic N) is 2. The fourth-order valence-corrected chi connectivity index (χ4v) is 4.18. The Bertz CT molecular complexity index is 1030. The molecular formula is C19H17N3O2S. The van der Waals surface area contributed by atoms with Crippen LogP contribution in [0.15, 0.2) is 53.4 Å². The maximum atomic E-state index is 12.8. The summed E-state index contributed by atoms with van der Waals surface area (Å²) in [6.45, 7) is 4.38. The van der Waals surface area contributed by atoms with Crippen molar-refractivity contribution in [3.63, 3.8) is 0 Å². The Balaban J connectivity index is 1.81. The van der Waals surface area contributed by atoms with E-state index in [-0.39, 0.29) is 5.91 Å². The van der Waals surface area contributed by atoms with Crippen LogP contribution in [0.4, 0.5) is 0 Å². The van der Waals surface area contributed by atoms with Gasteiger partial charge in [0, 0.05) is 23.5 Å². The second-order valence-corrected chi connectivity index (χ2v) is 6.89. The van der Waals surface area contributed by atoms with E-state index in [1.807, 2.05) is 54.2 Å². The minimum Gasteiger partial charge on any atom is -0.467 e. The summed E-state index contributed by atoms with van der Waals surface area (Å²) in [7, 11) is 0. The monoisotopic (exact) mass is 351 g/mol. The molecule has 4 aromatic heterocycles. The van der Waals surface area contributed by atoms with Crippen molar-refractivity contribution in [3.05, 3.63) is 70.9 Å². The number of amides is 1. The van der Waals surface area contributed by atoms with Crippen molar-refractivity contribution in [2.24, 2.45) is 0 Å². The number of furan rings is 1. The summed E-state index contributed by atoms with van der Waals surface area (Å²) in [6.07, 6.45) is 5.50. The number of fused-ring (bicyclic) bond motifs is 1. The van der Waals surface area contributed by atoms with Crippen molar-refractivity contribution in [2.75, 3.05) is 0 Å². The zero-order valence-electron chi connectivity index (χ0n) is 13.9. The number of rotatable bonds is 4. The topological polar surface area (TPSA) is 60.1 Å². The van der Waals surface area contributed by atoms with E-state index in [9.17, 15) is 4.79 Å². The van der Waals surface area contributed by atoms with Crippen LogP contribution in [-0.4, -0.2) is 15.5 Å². The maximum Gasteiger partial charge on any atom is 0.263 e. The number of aryl methyl sites for hydroxylation is 2. The summed E-state index contributed by atoms with van der Waals surface area (Å²) in [5.74, 6) is 0.599. The molecule has 0 aromatic carbocycles. The molecule has 126 valence electrons. The Morgan fingerprint density at radius 2 is 2.08 bits per heavy atom. The van der Waals surface area contributed by atoms with Crippen LogP contribution < -0.4 is 5.32 Å². The summed E-state index contributed by atoms with van der Waals surface area (Å²) in [4.78, 5) is 19.0. The molecule has 1 N–H and O–H groups in total. The minimum absolute atomic E-state index is 0.125. The molecule has 5 nitrogen and oxygen atoms in total. The lowest BCUT2D eigenvalue weighted by Crippen LogP contribution is -2.22. The summed E-state index contributed by atoms with van der Waals surface area (Å²) in [5.41, 5.74) is 2.95. The van der Waals surface area contributed by atoms with Crippen molar-refractivity contribution in [1.29, 1.82) is 0 Å². The Hall–Kier alpha value is -2.86. The van der Waals surface area contributed by atoms with Crippen LogP contribution in [0.1, 0.15) is 26.7 Å². The van der Waals surface area contributed by atoms with E-state index in [1.54, 1.807) is 6.26 Å². The van der Waals surface area contributed by atoms with Gasteiger partial charge in [0.1, 0.15) is 15.5 Å². The first-order chi connectivity index (χ1) is 12.1. The van der Waals surface area contributed by atoms with Crippen molar-refractivity contribution in [2.45, 2.75) is 20.4 Å². The van der Waals surface area contributed by atoms with Gasteiger partial charge in [0.25, 0.3) is 5.91 Å². The highest BCUT2D eigenvalue weighted by molar-refractivity contribution is 7.21. The number of aromatic nitrogens is 2. The molecule has 4 heterocycles. The number of pyridine rings is 1. The SMILES string of the molecule is Cc1cc(C)c2c(-n3cccc3)c(C(=O)NCc3ccco3)sc2n1. The Labute approximate surface area is 148 Å². The van der Waals surface area contributed by atoms with E-state index in [0.717, 1.165) is 32.9 Å². The highest BCUT2D eigenvalue weighted by Crippen LogP contribution is 2.35. The maximum absolute atomic E-state index is 12.8. The second-order valence-electron chi connectivity index (χ2n) is 5.89. The summed E-state index contributed by atoms with van der Waals surface area (Å²) < 4.78 is 7.26. The van der Waals surface area contributed by atoms with E-state index in [0.29, 0.717) is 11.4 Å². The average Bonchev–Trinajstić information content (AvgIpc) is 3.31. The van der Waals surface area contributed by atoms with Gasteiger partial charge in [-0.1, -0.05) is 0 Å². The first kappa shape index (κ1) is 15.7. The molecule has 0 bridgehead atoms. The molecule has 25 heavy (non-hydrogen) atoms. The molecule has 0 spiro atoms. The predicted octanol–water partition coefficient (Wildman–Crippen LogP) is 4.23. The molecule has 0 saturated carbocycles. The zero-order chi connectivity index (χ0) is 17.4. The first-order valence-corrected chi connectivity index (χ1v) is 8.80. The quantitative estimate of drug-likeness (QED) is 0.599. The standard InChI is InChI=1S/C19H17N3O2S/c1-12-10-13(2)21-19-15(12)16(22-7-3-4-8-22)17(25-19)18(23)20-11-14-6-5-9-24-14/h3-10H,11H2,1-2H3,(H,20,23). The van der Waals surface area contributed by atoms with Gasteiger partial charge in [-0.3, -0.25) is 4.79 Å². The molecule has 4 rings (SSSR count). The summed E-state index contributed by atoms with van der Waals surface area (Å²) >= 11 is 1.42.